The molecular weight excluding hydrogens is 808 g/mol. The minimum atomic E-state index is -0.920. The van der Waals surface area contributed by atoms with Gasteiger partial charge in [-0.05, 0) is 74.8 Å². The molecule has 4 aliphatic rings. The molecule has 0 spiro atoms. The monoisotopic (exact) mass is 866 g/mol. The van der Waals surface area contributed by atoms with Crippen molar-refractivity contribution in [1.29, 1.82) is 0 Å². The van der Waals surface area contributed by atoms with Crippen LogP contribution in [0.1, 0.15) is 92.9 Å². The number of amides is 1. The second kappa shape index (κ2) is 17.8. The minimum Gasteiger partial charge on any atom is -0.490 e. The van der Waals surface area contributed by atoms with E-state index >= 15 is 0 Å². The van der Waals surface area contributed by atoms with Crippen molar-refractivity contribution >= 4 is 62.6 Å². The molecule has 7 rings (SSSR count). The molecule has 3 aromatic rings. The van der Waals surface area contributed by atoms with Crippen LogP contribution in [-0.4, -0.2) is 96.8 Å². The van der Waals surface area contributed by atoms with Gasteiger partial charge in [0.1, 0.15) is 41.0 Å². The van der Waals surface area contributed by atoms with E-state index in [-0.39, 0.29) is 62.2 Å². The van der Waals surface area contributed by atoms with Gasteiger partial charge in [0.25, 0.3) is 0 Å². The number of rotatable bonds is 18. The average Bonchev–Trinajstić information content (AvgIpc) is 3.86. The van der Waals surface area contributed by atoms with Crippen LogP contribution in [0.5, 0.6) is 11.5 Å². The largest absolute Gasteiger partial charge is 0.490 e. The van der Waals surface area contributed by atoms with Gasteiger partial charge in [0, 0.05) is 42.8 Å². The van der Waals surface area contributed by atoms with E-state index in [0.717, 1.165) is 24.4 Å². The number of anilines is 1. The Morgan fingerprint density at radius 2 is 1.75 bits per heavy atom. The Balaban J connectivity index is 1.21. The maximum Gasteiger partial charge on any atom is 0.312 e. The number of ether oxygens (including phenoxy) is 5. The predicted molar refractivity (Wildman–Crippen MR) is 229 cm³/mol. The highest BCUT2D eigenvalue weighted by Crippen LogP contribution is 2.58. The predicted octanol–water partition coefficient (Wildman–Crippen LogP) is 8.15. The van der Waals surface area contributed by atoms with E-state index in [1.165, 1.54) is 24.9 Å². The van der Waals surface area contributed by atoms with Crippen molar-refractivity contribution in [2.75, 3.05) is 39.3 Å². The number of fused-ring (bicyclic) bond motifs is 2. The van der Waals surface area contributed by atoms with E-state index in [1.54, 1.807) is 18.1 Å². The number of nitrogens with zero attached hydrogens (tertiary/aromatic N) is 3. The second-order valence-electron chi connectivity index (χ2n) is 18.5. The van der Waals surface area contributed by atoms with Crippen LogP contribution < -0.4 is 14.8 Å². The van der Waals surface area contributed by atoms with Crippen LogP contribution in [0.15, 0.2) is 23.6 Å². The lowest BCUT2D eigenvalue weighted by molar-refractivity contribution is -0.157. The zero-order valence-corrected chi connectivity index (χ0v) is 37.6. The van der Waals surface area contributed by atoms with Crippen molar-refractivity contribution in [2.45, 2.75) is 117 Å². The molecule has 1 aliphatic heterocycles. The van der Waals surface area contributed by atoms with Gasteiger partial charge in [-0.2, -0.15) is 0 Å². The molecular formula is C45H59ClN4O9S. The Hall–Kier alpha value is -4.01. The normalized spacial score (nSPS) is 26.1. The van der Waals surface area contributed by atoms with Gasteiger partial charge in [-0.25, -0.2) is 9.97 Å². The third kappa shape index (κ3) is 9.40. The molecule has 1 N–H and O–H groups in total. The number of aromatic nitrogens is 2. The van der Waals surface area contributed by atoms with E-state index in [1.807, 2.05) is 59.1 Å². The number of Topliss-reactive ketones (excluding diaryl/α,β-unsaturated/α-hetero) is 1. The molecule has 0 bridgehead atoms. The lowest BCUT2D eigenvalue weighted by atomic mass is 9.77. The fraction of sp³-hybridized carbons (Fsp3) is 0.644. The van der Waals surface area contributed by atoms with Crippen LogP contribution in [0.4, 0.5) is 5.13 Å². The molecule has 13 nitrogen and oxygen atoms in total. The number of nitrogens with one attached hydrogen (secondary N) is 1. The van der Waals surface area contributed by atoms with Crippen molar-refractivity contribution in [2.24, 2.45) is 34.5 Å². The molecule has 60 heavy (non-hydrogen) atoms. The van der Waals surface area contributed by atoms with Gasteiger partial charge in [0.05, 0.1) is 55.3 Å². The second-order valence-corrected chi connectivity index (χ2v) is 19.7. The van der Waals surface area contributed by atoms with Crippen molar-refractivity contribution < 1.29 is 42.9 Å². The molecule has 326 valence electrons. The number of halogens is 1. The van der Waals surface area contributed by atoms with E-state index < -0.39 is 40.8 Å². The molecule has 2 aromatic heterocycles. The number of ketones is 1. The Bertz CT molecular complexity index is 2090. The molecule has 1 amide bonds. The summed E-state index contributed by atoms with van der Waals surface area (Å²) in [7, 11) is 2.94. The Morgan fingerprint density at radius 1 is 1.00 bits per heavy atom. The summed E-state index contributed by atoms with van der Waals surface area (Å²) in [6, 6.07) is 4.67. The third-order valence-corrected chi connectivity index (χ3v) is 13.9. The highest BCUT2D eigenvalue weighted by atomic mass is 35.5. The van der Waals surface area contributed by atoms with E-state index in [4.69, 9.17) is 45.3 Å². The first-order valence-corrected chi connectivity index (χ1v) is 22.6. The van der Waals surface area contributed by atoms with E-state index in [0.29, 0.717) is 63.7 Å². The van der Waals surface area contributed by atoms with Gasteiger partial charge in [0.15, 0.2) is 10.9 Å². The van der Waals surface area contributed by atoms with Crippen molar-refractivity contribution in [3.05, 3.63) is 28.6 Å². The number of pyridine rings is 1. The lowest BCUT2D eigenvalue weighted by Gasteiger charge is -2.35. The molecule has 4 fully saturated rings. The summed E-state index contributed by atoms with van der Waals surface area (Å²) in [5, 5.41) is 6.89. The minimum absolute atomic E-state index is 0.0157. The molecule has 2 unspecified atom stereocenters. The number of benzene rings is 1. The topological polar surface area (TPSA) is 155 Å². The number of hydrogen-bond donors (Lipinski definition) is 1. The summed E-state index contributed by atoms with van der Waals surface area (Å²) in [5.74, 6) is 0.0620. The molecule has 1 aromatic carbocycles. The standard InChI is InChI=1S/C45H59ClN4O9S/c1-9-27-20-45(27,42(54)56-8)21-35(51)34-17-29(22-50(34)41(53)31(44(4,5)6)18-38(52)59-28-15-25-14-26(25)16-28)58-37-19-32(33-23-60-43(49-33)47-24(2)3)48-40-30(37)10-11-36(39(40)46)57-13-12-55-7/h10-11,19,23-29,31,34H,9,12-18,20-22H2,1-8H3,(H,47,49)/t25-,26+,27-,28?,29-,31-,34+,45?/m1/s1. The van der Waals surface area contributed by atoms with Crippen LogP contribution in [0.25, 0.3) is 22.3 Å². The summed E-state index contributed by atoms with van der Waals surface area (Å²) in [5.41, 5.74) is 0.0191. The number of hydrogen-bond acceptors (Lipinski definition) is 13. The zero-order valence-electron chi connectivity index (χ0n) is 36.0. The Labute approximate surface area is 361 Å². The van der Waals surface area contributed by atoms with Gasteiger partial charge >= 0.3 is 11.9 Å². The van der Waals surface area contributed by atoms with Gasteiger partial charge in [-0.15, -0.1) is 11.3 Å². The van der Waals surface area contributed by atoms with Crippen LogP contribution in [0.3, 0.4) is 0 Å². The summed E-state index contributed by atoms with van der Waals surface area (Å²) in [4.78, 5) is 67.4. The number of carbonyl (C=O) groups is 4. The first kappa shape index (κ1) is 44.1. The van der Waals surface area contributed by atoms with Crippen molar-refractivity contribution in [1.82, 2.24) is 14.9 Å². The highest BCUT2D eigenvalue weighted by Gasteiger charge is 2.62. The lowest BCUT2D eigenvalue weighted by Crippen LogP contribution is -2.48. The van der Waals surface area contributed by atoms with Gasteiger partial charge in [-0.3, -0.25) is 19.2 Å². The summed E-state index contributed by atoms with van der Waals surface area (Å²) in [6.45, 7) is 12.6. The first-order chi connectivity index (χ1) is 28.5. The van der Waals surface area contributed by atoms with Crippen LogP contribution >= 0.6 is 22.9 Å². The van der Waals surface area contributed by atoms with Gasteiger partial charge < -0.3 is 33.9 Å². The van der Waals surface area contributed by atoms with Crippen LogP contribution in [-0.2, 0) is 33.4 Å². The highest BCUT2D eigenvalue weighted by molar-refractivity contribution is 7.14. The molecule has 0 radical (unpaired) electrons. The number of likely N-dealkylation sites (tertiary alicyclic amines) is 1. The molecule has 1 saturated heterocycles. The van der Waals surface area contributed by atoms with Gasteiger partial charge in [0.2, 0.25) is 5.91 Å². The van der Waals surface area contributed by atoms with E-state index in [2.05, 4.69) is 5.32 Å². The number of methoxy groups -OCH3 is 2. The van der Waals surface area contributed by atoms with Crippen LogP contribution in [0.2, 0.25) is 5.02 Å². The smallest absolute Gasteiger partial charge is 0.312 e. The molecule has 8 atom stereocenters. The SMILES string of the molecule is CC[C@@H]1CC1(CC(=O)[C@@H]1C[C@@H](Oc2cc(-c3csc(NC(C)C)n3)nc3c(Cl)c(OCCOC)ccc23)CN1C(=O)[C@@H](CC(=O)OC1C[C@@H]2C[C@@H]2C1)C(C)(C)C)C(=O)OC. The Kier molecular flexibility index (Phi) is 13.0. The summed E-state index contributed by atoms with van der Waals surface area (Å²) < 4.78 is 29.1. The van der Waals surface area contributed by atoms with Crippen molar-refractivity contribution in [3.8, 4) is 22.9 Å². The summed E-state index contributed by atoms with van der Waals surface area (Å²) in [6.07, 6.45) is 3.51. The molecule has 3 saturated carbocycles. The van der Waals surface area contributed by atoms with Gasteiger partial charge in [-0.1, -0.05) is 45.7 Å². The fourth-order valence-corrected chi connectivity index (χ4v) is 10.4. The van der Waals surface area contributed by atoms with E-state index in [9.17, 15) is 19.2 Å². The average molecular weight is 868 g/mol. The fourth-order valence-electron chi connectivity index (χ4n) is 9.31. The number of carbonyl (C=O) groups excluding carboxylic acids is 4. The van der Waals surface area contributed by atoms with Crippen LogP contribution in [0, 0.1) is 34.5 Å². The molecule has 3 aliphatic carbocycles. The number of esters is 2. The molecule has 15 heteroatoms. The zero-order chi connectivity index (χ0) is 43.1. The quantitative estimate of drug-likeness (QED) is 0.0969. The first-order valence-electron chi connectivity index (χ1n) is 21.3. The third-order valence-electron chi connectivity index (χ3n) is 12.8. The number of thiazole rings is 1. The Morgan fingerprint density at radius 3 is 2.40 bits per heavy atom. The summed E-state index contributed by atoms with van der Waals surface area (Å²) >= 11 is 8.45. The molecule has 3 heterocycles. The van der Waals surface area contributed by atoms with Crippen molar-refractivity contribution in [3.63, 3.8) is 0 Å². The maximum atomic E-state index is 14.9. The maximum absolute atomic E-state index is 14.9.